The zero-order chi connectivity index (χ0) is 14.6. The molecule has 3 rings (SSSR count). The van der Waals surface area contributed by atoms with Crippen molar-refractivity contribution in [3.05, 3.63) is 44.7 Å². The Morgan fingerprint density at radius 3 is 1.35 bits per heavy atom. The molecule has 0 fully saturated rings. The molecule has 0 N–H and O–H groups in total. The predicted molar refractivity (Wildman–Crippen MR) is 81.8 cm³/mol. The summed E-state index contributed by atoms with van der Waals surface area (Å²) in [5, 5.41) is 2.68. The van der Waals surface area contributed by atoms with Crippen LogP contribution in [0.1, 0.15) is 0 Å². The largest absolute Gasteiger partial charge is 0.284 e. The lowest BCUT2D eigenvalue weighted by molar-refractivity contribution is -0.129. The van der Waals surface area contributed by atoms with Gasteiger partial charge in [-0.25, -0.2) is 0 Å². The van der Waals surface area contributed by atoms with E-state index in [-0.39, 0.29) is 10.1 Å². The van der Waals surface area contributed by atoms with Gasteiger partial charge in [-0.15, -0.1) is 0 Å². The van der Waals surface area contributed by atoms with E-state index in [1.807, 2.05) is 0 Å². The third-order valence-corrected chi connectivity index (χ3v) is 4.54. The van der Waals surface area contributed by atoms with E-state index in [1.54, 1.807) is 24.3 Å². The Bertz CT molecular complexity index is 852. The summed E-state index contributed by atoms with van der Waals surface area (Å²) >= 11 is 24.1. The van der Waals surface area contributed by atoms with Gasteiger partial charge in [0.2, 0.25) is 11.6 Å². The third-order valence-electron chi connectivity index (χ3n) is 3.13. The van der Waals surface area contributed by atoms with E-state index >= 15 is 0 Å². The van der Waals surface area contributed by atoms with Crippen molar-refractivity contribution < 1.29 is 9.59 Å². The summed E-state index contributed by atoms with van der Waals surface area (Å²) in [6.45, 7) is 0. The van der Waals surface area contributed by atoms with Gasteiger partial charge in [0.25, 0.3) is 0 Å². The summed E-state index contributed by atoms with van der Waals surface area (Å²) in [6.07, 6.45) is 0. The summed E-state index contributed by atoms with van der Waals surface area (Å²) in [5.74, 6) is -1.64. The molecular formula is C14H4Cl4O2. The molecule has 2 aromatic rings. The lowest BCUT2D eigenvalue weighted by atomic mass is 10.0. The highest BCUT2D eigenvalue weighted by molar-refractivity contribution is 6.84. The second-order valence-corrected chi connectivity index (χ2v) is 5.83. The highest BCUT2D eigenvalue weighted by Crippen LogP contribution is 2.28. The van der Waals surface area contributed by atoms with E-state index in [0.29, 0.717) is 31.3 Å². The van der Waals surface area contributed by atoms with Gasteiger partial charge in [-0.2, -0.15) is 0 Å². The number of fused-ring (bicyclic) bond motifs is 2. The van der Waals surface area contributed by atoms with E-state index in [9.17, 15) is 9.59 Å². The van der Waals surface area contributed by atoms with Crippen molar-refractivity contribution in [3.63, 3.8) is 0 Å². The van der Waals surface area contributed by atoms with E-state index in [1.165, 1.54) is 0 Å². The van der Waals surface area contributed by atoms with Crippen LogP contribution in [0.15, 0.2) is 24.3 Å². The number of carbonyl (C=O) groups is 2. The number of benzene rings is 2. The zero-order valence-electron chi connectivity index (χ0n) is 9.64. The highest BCUT2D eigenvalue weighted by Gasteiger charge is 2.26. The van der Waals surface area contributed by atoms with Gasteiger partial charge in [0.05, 0.1) is 0 Å². The zero-order valence-corrected chi connectivity index (χ0v) is 12.7. The molecule has 0 radical (unpaired) electrons. The van der Waals surface area contributed by atoms with Crippen molar-refractivity contribution in [3.8, 4) is 0 Å². The molecule has 1 aliphatic rings. The first-order valence-electron chi connectivity index (χ1n) is 5.48. The van der Waals surface area contributed by atoms with Gasteiger partial charge in [-0.3, -0.25) is 9.59 Å². The number of carbonyl (C=O) groups excluding carboxylic acids is 2. The Labute approximate surface area is 133 Å². The minimum atomic E-state index is -0.818. The van der Waals surface area contributed by atoms with Crippen molar-refractivity contribution in [1.29, 1.82) is 0 Å². The monoisotopic (exact) mass is 344 g/mol. The van der Waals surface area contributed by atoms with Crippen molar-refractivity contribution in [2.75, 3.05) is 0 Å². The van der Waals surface area contributed by atoms with Crippen LogP contribution >= 0.6 is 46.4 Å². The van der Waals surface area contributed by atoms with Crippen LogP contribution in [0.25, 0.3) is 20.8 Å². The summed E-state index contributed by atoms with van der Waals surface area (Å²) in [7, 11) is 0. The van der Waals surface area contributed by atoms with Crippen molar-refractivity contribution in [2.24, 2.45) is 0 Å². The topological polar surface area (TPSA) is 34.1 Å². The van der Waals surface area contributed by atoms with E-state index < -0.39 is 11.6 Å². The molecule has 0 aliphatic heterocycles. The van der Waals surface area contributed by atoms with Crippen LogP contribution in [0.2, 0.25) is 10.0 Å². The molecule has 0 unspecified atom stereocenters. The maximum Gasteiger partial charge on any atom is 0.246 e. The van der Waals surface area contributed by atoms with Crippen molar-refractivity contribution in [2.45, 2.75) is 0 Å². The molecule has 2 nitrogen and oxygen atoms in total. The van der Waals surface area contributed by atoms with Gasteiger partial charge in [0.1, 0.15) is 10.1 Å². The van der Waals surface area contributed by atoms with Crippen LogP contribution in [-0.4, -0.2) is 11.6 Å². The van der Waals surface area contributed by atoms with Crippen LogP contribution in [0.5, 0.6) is 0 Å². The van der Waals surface area contributed by atoms with E-state index in [4.69, 9.17) is 46.4 Å². The fourth-order valence-corrected chi connectivity index (χ4v) is 3.05. The Morgan fingerprint density at radius 2 is 1.00 bits per heavy atom. The maximum absolute atomic E-state index is 11.7. The number of hydrogen-bond acceptors (Lipinski definition) is 2. The smallest absolute Gasteiger partial charge is 0.246 e. The van der Waals surface area contributed by atoms with Crippen LogP contribution in [-0.2, 0) is 9.59 Å². The fraction of sp³-hybridized carbons (Fsp3) is 0. The number of Topliss-reactive ketones (excluding diaryl/α,β-unsaturated/α-hetero) is 2. The average Bonchev–Trinajstić information content (AvgIpc) is 2.45. The quantitative estimate of drug-likeness (QED) is 0.688. The van der Waals surface area contributed by atoms with Crippen LogP contribution in [0.3, 0.4) is 0 Å². The standard InChI is InChI=1S/C14H4Cl4O2/c15-9-1-2-10(16)6-4-8-7(3-5(6)9)11(17)13(19)14(20)12(8)18/h1-4H. The Kier molecular flexibility index (Phi) is 3.30. The number of rotatable bonds is 0. The van der Waals surface area contributed by atoms with Gasteiger partial charge >= 0.3 is 0 Å². The Hall–Kier alpha value is -1.06. The molecule has 0 amide bonds. The number of ketones is 2. The molecule has 20 heavy (non-hydrogen) atoms. The second-order valence-electron chi connectivity index (χ2n) is 4.26. The SMILES string of the molecule is O=C1C(=O)C(Cl)=c2cc3c(Cl)ccc(Cl)c3cc2=C1Cl. The molecule has 6 heteroatoms. The molecule has 0 aromatic heterocycles. The third kappa shape index (κ3) is 1.87. The highest BCUT2D eigenvalue weighted by atomic mass is 35.5. The summed E-state index contributed by atoms with van der Waals surface area (Å²) in [4.78, 5) is 23.4. The predicted octanol–water partition coefficient (Wildman–Crippen LogP) is 2.99. The number of hydrogen-bond donors (Lipinski definition) is 0. The molecule has 0 bridgehead atoms. The van der Waals surface area contributed by atoms with Crippen molar-refractivity contribution in [1.82, 2.24) is 0 Å². The molecule has 2 aromatic carbocycles. The van der Waals surface area contributed by atoms with Crippen LogP contribution < -0.4 is 10.4 Å². The van der Waals surface area contributed by atoms with E-state index in [2.05, 4.69) is 0 Å². The molecule has 100 valence electrons. The van der Waals surface area contributed by atoms with Gasteiger partial charge in [-0.1, -0.05) is 46.4 Å². The molecule has 1 aliphatic carbocycles. The molecule has 0 heterocycles. The maximum atomic E-state index is 11.7. The van der Waals surface area contributed by atoms with Crippen LogP contribution in [0, 0.1) is 0 Å². The second kappa shape index (κ2) is 4.74. The van der Waals surface area contributed by atoms with Crippen molar-refractivity contribution >= 4 is 78.8 Å². The van der Waals surface area contributed by atoms with Gasteiger partial charge in [-0.05, 0) is 24.3 Å². The van der Waals surface area contributed by atoms with Gasteiger partial charge in [0, 0.05) is 31.3 Å². The normalized spacial score (nSPS) is 15.0. The number of halogens is 4. The molecule has 0 saturated heterocycles. The first-order valence-corrected chi connectivity index (χ1v) is 6.99. The Morgan fingerprint density at radius 1 is 0.650 bits per heavy atom. The Balaban J connectivity index is 2.66. The minimum Gasteiger partial charge on any atom is -0.284 e. The summed E-state index contributed by atoms with van der Waals surface area (Å²) < 4.78 is 0. The minimum absolute atomic E-state index is 0.160. The molecule has 0 saturated carbocycles. The van der Waals surface area contributed by atoms with Gasteiger partial charge in [0.15, 0.2) is 0 Å². The fourth-order valence-electron chi connectivity index (χ4n) is 2.13. The van der Waals surface area contributed by atoms with E-state index in [0.717, 1.165) is 0 Å². The molecule has 0 spiro atoms. The van der Waals surface area contributed by atoms with Gasteiger partial charge < -0.3 is 0 Å². The lowest BCUT2D eigenvalue weighted by Gasteiger charge is -2.09. The molecular weight excluding hydrogens is 342 g/mol. The first kappa shape index (κ1) is 13.9. The average molecular weight is 346 g/mol. The summed E-state index contributed by atoms with van der Waals surface area (Å²) in [5.41, 5.74) is 0. The lowest BCUT2D eigenvalue weighted by Crippen LogP contribution is -2.38. The first-order chi connectivity index (χ1) is 9.41. The molecule has 0 atom stereocenters. The summed E-state index contributed by atoms with van der Waals surface area (Å²) in [6, 6.07) is 6.53. The van der Waals surface area contributed by atoms with Crippen LogP contribution in [0.4, 0.5) is 0 Å².